The molecule has 126 valence electrons. The van der Waals surface area contributed by atoms with Crippen molar-refractivity contribution in [3.05, 3.63) is 64.7 Å². The Labute approximate surface area is 142 Å². The van der Waals surface area contributed by atoms with Crippen molar-refractivity contribution >= 4 is 5.91 Å². The first-order chi connectivity index (χ1) is 11.6. The van der Waals surface area contributed by atoms with Crippen LogP contribution in [0.3, 0.4) is 0 Å². The average molecular weight is 325 g/mol. The summed E-state index contributed by atoms with van der Waals surface area (Å²) in [4.78, 5) is 12.2. The van der Waals surface area contributed by atoms with E-state index >= 15 is 0 Å². The van der Waals surface area contributed by atoms with E-state index in [2.05, 4.69) is 5.32 Å². The Hall–Kier alpha value is -2.33. The summed E-state index contributed by atoms with van der Waals surface area (Å²) >= 11 is 0. The molecule has 2 aromatic rings. The minimum atomic E-state index is -0.564. The number of ether oxygens (including phenoxy) is 1. The van der Waals surface area contributed by atoms with E-state index in [0.717, 1.165) is 22.4 Å². The van der Waals surface area contributed by atoms with Crippen LogP contribution in [-0.4, -0.2) is 23.7 Å². The van der Waals surface area contributed by atoms with E-state index in [1.54, 1.807) is 0 Å². The van der Waals surface area contributed by atoms with Gasteiger partial charge in [0, 0.05) is 6.42 Å². The third kappa shape index (κ3) is 3.44. The molecule has 1 amide bonds. The zero-order valence-electron chi connectivity index (χ0n) is 14.1. The van der Waals surface area contributed by atoms with Crippen LogP contribution in [0.1, 0.15) is 34.7 Å². The number of nitrogens with one attached hydrogen (secondary N) is 1. The zero-order valence-corrected chi connectivity index (χ0v) is 14.1. The largest absolute Gasteiger partial charge is 0.493 e. The van der Waals surface area contributed by atoms with Gasteiger partial charge in [-0.2, -0.15) is 0 Å². The van der Waals surface area contributed by atoms with Crippen LogP contribution in [0.2, 0.25) is 0 Å². The topological polar surface area (TPSA) is 58.6 Å². The molecule has 0 bridgehead atoms. The highest BCUT2D eigenvalue weighted by Gasteiger charge is 2.31. The van der Waals surface area contributed by atoms with Gasteiger partial charge in [0.05, 0.1) is 25.2 Å². The Morgan fingerprint density at radius 2 is 2.00 bits per heavy atom. The zero-order chi connectivity index (χ0) is 17.1. The molecule has 0 aromatic heterocycles. The minimum absolute atomic E-state index is 0.110. The van der Waals surface area contributed by atoms with Gasteiger partial charge < -0.3 is 15.2 Å². The van der Waals surface area contributed by atoms with Crippen molar-refractivity contribution < 1.29 is 14.6 Å². The van der Waals surface area contributed by atoms with Crippen LogP contribution < -0.4 is 10.1 Å². The van der Waals surface area contributed by atoms with Gasteiger partial charge in [-0.15, -0.1) is 0 Å². The summed E-state index contributed by atoms with van der Waals surface area (Å²) in [5.74, 6) is 0.704. The first-order valence-corrected chi connectivity index (χ1v) is 8.30. The van der Waals surface area contributed by atoms with Crippen LogP contribution in [0, 0.1) is 13.8 Å². The van der Waals surface area contributed by atoms with Gasteiger partial charge in [0.25, 0.3) is 0 Å². The van der Waals surface area contributed by atoms with Crippen molar-refractivity contribution in [3.8, 4) is 5.75 Å². The number of amides is 1. The number of aliphatic hydroxyl groups excluding tert-OH is 1. The average Bonchev–Trinajstić information content (AvgIpc) is 2.87. The maximum Gasteiger partial charge on any atom is 0.223 e. The second kappa shape index (κ2) is 7.05. The van der Waals surface area contributed by atoms with Crippen molar-refractivity contribution in [2.45, 2.75) is 38.8 Å². The Balaban J connectivity index is 1.54. The number of aryl methyl sites for hydroxylation is 1. The summed E-state index contributed by atoms with van der Waals surface area (Å²) in [6, 6.07) is 13.4. The molecule has 3 rings (SSSR count). The first-order valence-electron chi connectivity index (χ1n) is 8.30. The van der Waals surface area contributed by atoms with E-state index in [0.29, 0.717) is 13.0 Å². The molecule has 1 aliphatic carbocycles. The second-order valence-corrected chi connectivity index (χ2v) is 6.31. The molecular weight excluding hydrogens is 302 g/mol. The van der Waals surface area contributed by atoms with Crippen LogP contribution in [0.15, 0.2) is 42.5 Å². The summed E-state index contributed by atoms with van der Waals surface area (Å²) < 4.78 is 5.73. The summed E-state index contributed by atoms with van der Waals surface area (Å²) in [7, 11) is 0. The molecular formula is C20H23NO3. The Kier molecular flexibility index (Phi) is 4.86. The highest BCUT2D eigenvalue weighted by molar-refractivity contribution is 5.77. The van der Waals surface area contributed by atoms with Crippen LogP contribution in [0.5, 0.6) is 5.75 Å². The molecule has 0 spiro atoms. The van der Waals surface area contributed by atoms with E-state index < -0.39 is 6.10 Å². The smallest absolute Gasteiger partial charge is 0.223 e. The van der Waals surface area contributed by atoms with Gasteiger partial charge in [-0.25, -0.2) is 0 Å². The number of rotatable bonds is 5. The van der Waals surface area contributed by atoms with E-state index in [-0.39, 0.29) is 18.4 Å². The molecule has 4 nitrogen and oxygen atoms in total. The molecule has 2 N–H and O–H groups in total. The lowest BCUT2D eigenvalue weighted by molar-refractivity contribution is -0.123. The maximum atomic E-state index is 12.2. The molecule has 0 aliphatic heterocycles. The maximum absolute atomic E-state index is 12.2. The van der Waals surface area contributed by atoms with Crippen molar-refractivity contribution in [3.63, 3.8) is 0 Å². The Bertz CT molecular complexity index is 741. The monoisotopic (exact) mass is 325 g/mol. The van der Waals surface area contributed by atoms with Gasteiger partial charge in [-0.3, -0.25) is 4.79 Å². The standard InChI is InChI=1S/C20H23NO3/c1-13-6-5-9-18(14(13)2)24-11-10-19(23)21-20-16-8-4-3-7-15(16)12-17(20)22/h3-9,17,20,22H,10-12H2,1-2H3,(H,21,23). The lowest BCUT2D eigenvalue weighted by Gasteiger charge is -2.18. The molecule has 0 saturated carbocycles. The molecule has 0 heterocycles. The fraction of sp³-hybridized carbons (Fsp3) is 0.350. The Morgan fingerprint density at radius 3 is 2.83 bits per heavy atom. The summed E-state index contributed by atoms with van der Waals surface area (Å²) in [6.45, 7) is 4.37. The normalized spacial score (nSPS) is 19.0. The quantitative estimate of drug-likeness (QED) is 0.889. The van der Waals surface area contributed by atoms with Crippen LogP contribution in [0.4, 0.5) is 0 Å². The van der Waals surface area contributed by atoms with Crippen LogP contribution in [-0.2, 0) is 11.2 Å². The number of carbonyl (C=O) groups is 1. The summed E-state index contributed by atoms with van der Waals surface area (Å²) in [5, 5.41) is 13.1. The van der Waals surface area contributed by atoms with Gasteiger partial charge in [-0.1, -0.05) is 36.4 Å². The van der Waals surface area contributed by atoms with Crippen LogP contribution in [0.25, 0.3) is 0 Å². The van der Waals surface area contributed by atoms with E-state index in [1.165, 1.54) is 5.56 Å². The number of fused-ring (bicyclic) bond motifs is 1. The first kappa shape index (κ1) is 16.5. The highest BCUT2D eigenvalue weighted by Crippen LogP contribution is 2.31. The van der Waals surface area contributed by atoms with Crippen LogP contribution >= 0.6 is 0 Å². The van der Waals surface area contributed by atoms with Gasteiger partial charge in [0.15, 0.2) is 0 Å². The Morgan fingerprint density at radius 1 is 1.21 bits per heavy atom. The third-order valence-electron chi connectivity index (χ3n) is 4.66. The number of hydrogen-bond acceptors (Lipinski definition) is 3. The fourth-order valence-corrected chi connectivity index (χ4v) is 3.13. The van der Waals surface area contributed by atoms with Crippen molar-refractivity contribution in [2.24, 2.45) is 0 Å². The molecule has 2 atom stereocenters. The highest BCUT2D eigenvalue weighted by atomic mass is 16.5. The predicted octanol–water partition coefficient (Wildman–Crippen LogP) is 2.85. The summed E-state index contributed by atoms with van der Waals surface area (Å²) in [5.41, 5.74) is 4.37. The van der Waals surface area contributed by atoms with E-state index in [4.69, 9.17) is 4.74 Å². The SMILES string of the molecule is Cc1cccc(OCCC(=O)NC2c3ccccc3CC2O)c1C. The lowest BCUT2D eigenvalue weighted by Crippen LogP contribution is -2.34. The fourth-order valence-electron chi connectivity index (χ4n) is 3.13. The van der Waals surface area contributed by atoms with Gasteiger partial charge in [-0.05, 0) is 42.2 Å². The van der Waals surface area contributed by atoms with E-state index in [1.807, 2.05) is 56.3 Å². The molecule has 0 fully saturated rings. The van der Waals surface area contributed by atoms with Crippen molar-refractivity contribution in [1.29, 1.82) is 0 Å². The second-order valence-electron chi connectivity index (χ2n) is 6.31. The number of aliphatic hydroxyl groups is 1. The molecule has 24 heavy (non-hydrogen) atoms. The van der Waals surface area contributed by atoms with Gasteiger partial charge in [0.2, 0.25) is 5.91 Å². The van der Waals surface area contributed by atoms with Gasteiger partial charge in [0.1, 0.15) is 5.75 Å². The van der Waals surface area contributed by atoms with E-state index in [9.17, 15) is 9.90 Å². The number of hydrogen-bond donors (Lipinski definition) is 2. The summed E-state index contributed by atoms with van der Waals surface area (Å²) in [6.07, 6.45) is 0.282. The van der Waals surface area contributed by atoms with Gasteiger partial charge >= 0.3 is 0 Å². The predicted molar refractivity (Wildman–Crippen MR) is 93.1 cm³/mol. The van der Waals surface area contributed by atoms with Crippen molar-refractivity contribution in [1.82, 2.24) is 5.32 Å². The number of benzene rings is 2. The molecule has 2 aromatic carbocycles. The molecule has 4 heteroatoms. The molecule has 0 radical (unpaired) electrons. The number of carbonyl (C=O) groups excluding carboxylic acids is 1. The minimum Gasteiger partial charge on any atom is -0.493 e. The molecule has 2 unspecified atom stereocenters. The third-order valence-corrected chi connectivity index (χ3v) is 4.66. The van der Waals surface area contributed by atoms with Crippen molar-refractivity contribution in [2.75, 3.05) is 6.61 Å². The lowest BCUT2D eigenvalue weighted by atomic mass is 10.1. The molecule has 1 aliphatic rings. The molecule has 0 saturated heterocycles.